The zero-order chi connectivity index (χ0) is 11.5. The SMILES string of the molecule is O=C(O)CNCc1sc2ccccc2c1Cl. The van der Waals surface area contributed by atoms with E-state index in [2.05, 4.69) is 5.32 Å². The molecule has 84 valence electrons. The monoisotopic (exact) mass is 255 g/mol. The second-order valence-electron chi connectivity index (χ2n) is 3.33. The van der Waals surface area contributed by atoms with Crippen molar-refractivity contribution in [1.82, 2.24) is 5.32 Å². The Balaban J connectivity index is 2.18. The molecule has 0 unspecified atom stereocenters. The van der Waals surface area contributed by atoms with E-state index in [-0.39, 0.29) is 6.54 Å². The molecule has 0 aliphatic heterocycles. The van der Waals surface area contributed by atoms with E-state index in [0.717, 1.165) is 20.0 Å². The summed E-state index contributed by atoms with van der Waals surface area (Å²) in [6.07, 6.45) is 0. The Morgan fingerprint density at radius 1 is 1.44 bits per heavy atom. The Labute approximate surface area is 102 Å². The lowest BCUT2D eigenvalue weighted by atomic mass is 10.2. The third-order valence-electron chi connectivity index (χ3n) is 2.16. The molecule has 0 amide bonds. The summed E-state index contributed by atoms with van der Waals surface area (Å²) in [6.45, 7) is 0.440. The van der Waals surface area contributed by atoms with Crippen LogP contribution in [-0.2, 0) is 11.3 Å². The summed E-state index contributed by atoms with van der Waals surface area (Å²) < 4.78 is 1.12. The Kier molecular flexibility index (Phi) is 3.43. The van der Waals surface area contributed by atoms with Crippen molar-refractivity contribution in [2.75, 3.05) is 6.54 Å². The number of rotatable bonds is 4. The molecule has 1 aromatic heterocycles. The Hall–Kier alpha value is -1.10. The largest absolute Gasteiger partial charge is 0.480 e. The van der Waals surface area contributed by atoms with Gasteiger partial charge < -0.3 is 10.4 Å². The van der Waals surface area contributed by atoms with Gasteiger partial charge in [-0.25, -0.2) is 0 Å². The van der Waals surface area contributed by atoms with Crippen LogP contribution in [0.5, 0.6) is 0 Å². The molecular formula is C11H10ClNO2S. The molecule has 2 N–H and O–H groups in total. The number of aliphatic carboxylic acids is 1. The zero-order valence-corrected chi connectivity index (χ0v) is 9.94. The summed E-state index contributed by atoms with van der Waals surface area (Å²) in [4.78, 5) is 11.3. The van der Waals surface area contributed by atoms with E-state index in [9.17, 15) is 4.79 Å². The van der Waals surface area contributed by atoms with E-state index in [4.69, 9.17) is 16.7 Å². The van der Waals surface area contributed by atoms with E-state index >= 15 is 0 Å². The number of carboxylic acid groups (broad SMARTS) is 1. The number of fused-ring (bicyclic) bond motifs is 1. The smallest absolute Gasteiger partial charge is 0.317 e. The maximum Gasteiger partial charge on any atom is 0.317 e. The molecular weight excluding hydrogens is 246 g/mol. The number of halogens is 1. The highest BCUT2D eigenvalue weighted by molar-refractivity contribution is 7.19. The van der Waals surface area contributed by atoms with Crippen molar-refractivity contribution in [3.05, 3.63) is 34.2 Å². The molecule has 5 heteroatoms. The molecule has 16 heavy (non-hydrogen) atoms. The van der Waals surface area contributed by atoms with E-state index in [0.29, 0.717) is 6.54 Å². The Bertz CT molecular complexity index is 524. The fourth-order valence-electron chi connectivity index (χ4n) is 1.46. The maximum atomic E-state index is 10.4. The zero-order valence-electron chi connectivity index (χ0n) is 8.37. The molecule has 0 saturated heterocycles. The number of carbonyl (C=O) groups is 1. The standard InChI is InChI=1S/C11H10ClNO2S/c12-11-7-3-1-2-4-8(7)16-9(11)5-13-6-10(14)15/h1-4,13H,5-6H2,(H,14,15). The van der Waals surface area contributed by atoms with Gasteiger partial charge in [0, 0.05) is 21.5 Å². The minimum absolute atomic E-state index is 0.0510. The van der Waals surface area contributed by atoms with E-state index in [1.807, 2.05) is 24.3 Å². The molecule has 0 atom stereocenters. The number of thiophene rings is 1. The lowest BCUT2D eigenvalue weighted by Gasteiger charge is -1.98. The van der Waals surface area contributed by atoms with Gasteiger partial charge in [-0.3, -0.25) is 4.79 Å². The lowest BCUT2D eigenvalue weighted by molar-refractivity contribution is -0.135. The summed E-state index contributed by atoms with van der Waals surface area (Å²) in [5.74, 6) is -0.864. The van der Waals surface area contributed by atoms with Crippen LogP contribution in [0.15, 0.2) is 24.3 Å². The predicted octanol–water partition coefficient (Wildman–Crippen LogP) is 2.73. The summed E-state index contributed by atoms with van der Waals surface area (Å²) in [6, 6.07) is 7.88. The third-order valence-corrected chi connectivity index (χ3v) is 3.88. The average Bonchev–Trinajstić information content (AvgIpc) is 2.56. The molecule has 0 aliphatic rings. The quantitative estimate of drug-likeness (QED) is 0.883. The number of carboxylic acids is 1. The van der Waals surface area contributed by atoms with Crippen molar-refractivity contribution in [1.29, 1.82) is 0 Å². The Morgan fingerprint density at radius 3 is 2.88 bits per heavy atom. The van der Waals surface area contributed by atoms with Crippen molar-refractivity contribution in [2.45, 2.75) is 6.54 Å². The molecule has 1 heterocycles. The van der Waals surface area contributed by atoms with Crippen molar-refractivity contribution >= 4 is 39.0 Å². The molecule has 0 aliphatic carbocycles. The Morgan fingerprint density at radius 2 is 2.19 bits per heavy atom. The first-order valence-corrected chi connectivity index (χ1v) is 5.96. The van der Waals surface area contributed by atoms with Crippen LogP contribution in [-0.4, -0.2) is 17.6 Å². The first-order chi connectivity index (χ1) is 7.68. The van der Waals surface area contributed by atoms with Crippen molar-refractivity contribution in [2.24, 2.45) is 0 Å². The van der Waals surface area contributed by atoms with Gasteiger partial charge in [0.05, 0.1) is 11.6 Å². The summed E-state index contributed by atoms with van der Waals surface area (Å²) >= 11 is 7.78. The van der Waals surface area contributed by atoms with Gasteiger partial charge >= 0.3 is 5.97 Å². The van der Waals surface area contributed by atoms with Crippen LogP contribution in [0.2, 0.25) is 5.02 Å². The highest BCUT2D eigenvalue weighted by Crippen LogP contribution is 2.34. The topological polar surface area (TPSA) is 49.3 Å². The second kappa shape index (κ2) is 4.82. The normalized spacial score (nSPS) is 10.8. The van der Waals surface area contributed by atoms with Gasteiger partial charge in [-0.2, -0.15) is 0 Å². The summed E-state index contributed by atoms with van der Waals surface area (Å²) in [5, 5.41) is 13.1. The van der Waals surface area contributed by atoms with Gasteiger partial charge in [0.15, 0.2) is 0 Å². The number of benzene rings is 1. The molecule has 0 fully saturated rings. The van der Waals surface area contributed by atoms with Gasteiger partial charge in [0.2, 0.25) is 0 Å². The number of nitrogens with one attached hydrogen (secondary N) is 1. The first-order valence-electron chi connectivity index (χ1n) is 4.77. The van der Waals surface area contributed by atoms with Gasteiger partial charge in [-0.1, -0.05) is 29.8 Å². The third kappa shape index (κ3) is 2.35. The van der Waals surface area contributed by atoms with Gasteiger partial charge in [-0.05, 0) is 6.07 Å². The van der Waals surface area contributed by atoms with E-state index < -0.39 is 5.97 Å². The first kappa shape index (κ1) is 11.4. The highest BCUT2D eigenvalue weighted by atomic mass is 35.5. The average molecular weight is 256 g/mol. The second-order valence-corrected chi connectivity index (χ2v) is 4.85. The molecule has 0 saturated carbocycles. The van der Waals surface area contributed by atoms with Crippen LogP contribution >= 0.6 is 22.9 Å². The molecule has 0 spiro atoms. The van der Waals surface area contributed by atoms with E-state index in [1.165, 1.54) is 0 Å². The van der Waals surface area contributed by atoms with Gasteiger partial charge in [0.1, 0.15) is 0 Å². The van der Waals surface area contributed by atoms with Crippen LogP contribution in [0, 0.1) is 0 Å². The molecule has 1 aromatic carbocycles. The van der Waals surface area contributed by atoms with E-state index in [1.54, 1.807) is 11.3 Å². The van der Waals surface area contributed by atoms with Crippen molar-refractivity contribution in [3.63, 3.8) is 0 Å². The van der Waals surface area contributed by atoms with Crippen LogP contribution in [0.1, 0.15) is 4.88 Å². The lowest BCUT2D eigenvalue weighted by Crippen LogP contribution is -2.21. The number of hydrogen-bond acceptors (Lipinski definition) is 3. The maximum absolute atomic E-state index is 10.4. The van der Waals surface area contributed by atoms with Crippen LogP contribution in [0.4, 0.5) is 0 Å². The fraction of sp³-hybridized carbons (Fsp3) is 0.182. The van der Waals surface area contributed by atoms with Crippen molar-refractivity contribution < 1.29 is 9.90 Å². The molecule has 2 rings (SSSR count). The van der Waals surface area contributed by atoms with Gasteiger partial charge in [0.25, 0.3) is 0 Å². The van der Waals surface area contributed by atoms with Gasteiger partial charge in [-0.15, -0.1) is 11.3 Å². The highest BCUT2D eigenvalue weighted by Gasteiger charge is 2.09. The minimum atomic E-state index is -0.864. The molecule has 3 nitrogen and oxygen atoms in total. The van der Waals surface area contributed by atoms with Crippen LogP contribution < -0.4 is 5.32 Å². The van der Waals surface area contributed by atoms with Crippen LogP contribution in [0.3, 0.4) is 0 Å². The number of hydrogen-bond donors (Lipinski definition) is 2. The van der Waals surface area contributed by atoms with Crippen LogP contribution in [0.25, 0.3) is 10.1 Å². The summed E-state index contributed by atoms with van der Waals surface area (Å²) in [7, 11) is 0. The summed E-state index contributed by atoms with van der Waals surface area (Å²) in [5.41, 5.74) is 0. The fourth-order valence-corrected chi connectivity index (χ4v) is 2.93. The predicted molar refractivity (Wildman–Crippen MR) is 66.2 cm³/mol. The molecule has 0 bridgehead atoms. The minimum Gasteiger partial charge on any atom is -0.480 e. The van der Waals surface area contributed by atoms with Crippen molar-refractivity contribution in [3.8, 4) is 0 Å². The molecule has 0 radical (unpaired) electrons. The molecule has 2 aromatic rings.